The summed E-state index contributed by atoms with van der Waals surface area (Å²) in [4.78, 5) is 32.3. The maximum absolute atomic E-state index is 12.4. The number of nitrogens with zero attached hydrogens (tertiary/aromatic N) is 4. The molecule has 2 aliphatic rings. The molecule has 0 atom stereocenters. The first kappa shape index (κ1) is 19.8. The summed E-state index contributed by atoms with van der Waals surface area (Å²) in [7, 11) is 0. The predicted octanol–water partition coefficient (Wildman–Crippen LogP) is 2.37. The molecule has 30 heavy (non-hydrogen) atoms. The molecular weight excluding hydrogens is 388 g/mol. The molecule has 0 aromatic heterocycles. The number of morpholine rings is 1. The van der Waals surface area contributed by atoms with Crippen molar-refractivity contribution in [2.24, 2.45) is 5.16 Å². The summed E-state index contributed by atoms with van der Waals surface area (Å²) >= 11 is 0. The molecule has 0 radical (unpaired) electrons. The van der Waals surface area contributed by atoms with Gasteiger partial charge in [-0.05, 0) is 24.1 Å². The third kappa shape index (κ3) is 4.25. The van der Waals surface area contributed by atoms with Crippen molar-refractivity contribution >= 4 is 29.2 Å². The number of hydrogen-bond acceptors (Lipinski definition) is 7. The van der Waals surface area contributed by atoms with Gasteiger partial charge in [0, 0.05) is 37.0 Å². The molecule has 0 saturated carbocycles. The Morgan fingerprint density at radius 2 is 1.97 bits per heavy atom. The lowest BCUT2D eigenvalue weighted by atomic mass is 10.1. The number of nitro benzene ring substituents is 1. The highest BCUT2D eigenvalue weighted by Crippen LogP contribution is 2.30. The smallest absolute Gasteiger partial charge is 0.293 e. The summed E-state index contributed by atoms with van der Waals surface area (Å²) in [6.45, 7) is 2.74. The second-order valence-electron chi connectivity index (χ2n) is 7.04. The van der Waals surface area contributed by atoms with Crippen molar-refractivity contribution in [3.63, 3.8) is 0 Å². The van der Waals surface area contributed by atoms with Crippen LogP contribution in [-0.2, 0) is 20.8 Å². The Kier molecular flexibility index (Phi) is 5.89. The third-order valence-electron chi connectivity index (χ3n) is 5.20. The number of benzene rings is 2. The van der Waals surface area contributed by atoms with Gasteiger partial charge in [0.1, 0.15) is 5.69 Å². The van der Waals surface area contributed by atoms with Crippen LogP contribution >= 0.6 is 0 Å². The zero-order valence-corrected chi connectivity index (χ0v) is 16.4. The van der Waals surface area contributed by atoms with E-state index < -0.39 is 4.92 Å². The number of anilines is 2. The first-order valence-electron chi connectivity index (χ1n) is 9.78. The Morgan fingerprint density at radius 1 is 1.17 bits per heavy atom. The van der Waals surface area contributed by atoms with Gasteiger partial charge in [0.2, 0.25) is 0 Å². The molecule has 1 fully saturated rings. The zero-order chi connectivity index (χ0) is 20.9. The number of oxime groups is 1. The summed E-state index contributed by atoms with van der Waals surface area (Å²) < 4.78 is 5.31. The van der Waals surface area contributed by atoms with E-state index in [1.165, 1.54) is 12.3 Å². The largest absolute Gasteiger partial charge is 0.386 e. The number of rotatable bonds is 6. The Morgan fingerprint density at radius 3 is 2.77 bits per heavy atom. The van der Waals surface area contributed by atoms with E-state index in [0.717, 1.165) is 17.7 Å². The first-order chi connectivity index (χ1) is 14.6. The molecule has 0 unspecified atom stereocenters. The zero-order valence-electron chi connectivity index (χ0n) is 16.4. The summed E-state index contributed by atoms with van der Waals surface area (Å²) in [5.74, 6) is -0.175. The Hall–Kier alpha value is -3.46. The highest BCUT2D eigenvalue weighted by Gasteiger charge is 2.24. The second kappa shape index (κ2) is 8.91. The van der Waals surface area contributed by atoms with Gasteiger partial charge in [0.25, 0.3) is 11.6 Å². The topological polar surface area (TPSA) is 97.5 Å². The summed E-state index contributed by atoms with van der Waals surface area (Å²) in [5.41, 5.74) is 3.14. The minimum atomic E-state index is -0.405. The van der Waals surface area contributed by atoms with Crippen molar-refractivity contribution in [1.29, 1.82) is 0 Å². The molecule has 0 aliphatic carbocycles. The lowest BCUT2D eigenvalue weighted by molar-refractivity contribution is -0.384. The van der Waals surface area contributed by atoms with Gasteiger partial charge in [-0.3, -0.25) is 14.9 Å². The van der Waals surface area contributed by atoms with E-state index in [9.17, 15) is 14.9 Å². The summed E-state index contributed by atoms with van der Waals surface area (Å²) in [6.07, 6.45) is 2.20. The molecule has 2 heterocycles. The van der Waals surface area contributed by atoms with Crippen molar-refractivity contribution in [3.8, 4) is 0 Å². The molecule has 2 aliphatic heterocycles. The van der Waals surface area contributed by atoms with Gasteiger partial charge < -0.3 is 19.4 Å². The average Bonchev–Trinajstić information content (AvgIpc) is 3.21. The molecule has 0 bridgehead atoms. The standard InChI is InChI=1S/C21H22N4O5/c26-21(24-8-7-17-3-1-2-4-18(17)24)15-30-22-14-16-5-6-19(20(13-16)25(27)28)23-9-11-29-12-10-23/h1-6,13-14H,7-12,15H2/b22-14-. The number of amides is 1. The monoisotopic (exact) mass is 410 g/mol. The Bertz CT molecular complexity index is 972. The average molecular weight is 410 g/mol. The molecular formula is C21H22N4O5. The maximum Gasteiger partial charge on any atom is 0.293 e. The third-order valence-corrected chi connectivity index (χ3v) is 5.20. The predicted molar refractivity (Wildman–Crippen MR) is 112 cm³/mol. The van der Waals surface area contributed by atoms with Crippen molar-refractivity contribution < 1.29 is 19.3 Å². The molecule has 0 spiro atoms. The molecule has 9 nitrogen and oxygen atoms in total. The van der Waals surface area contributed by atoms with E-state index in [-0.39, 0.29) is 18.2 Å². The van der Waals surface area contributed by atoms with Gasteiger partial charge in [-0.1, -0.05) is 29.4 Å². The molecule has 2 aromatic carbocycles. The van der Waals surface area contributed by atoms with Gasteiger partial charge in [0.05, 0.1) is 24.4 Å². The van der Waals surface area contributed by atoms with Crippen molar-refractivity contribution in [2.75, 3.05) is 49.3 Å². The van der Waals surface area contributed by atoms with E-state index in [2.05, 4.69) is 5.16 Å². The number of hydrogen-bond donors (Lipinski definition) is 0. The summed E-state index contributed by atoms with van der Waals surface area (Å²) in [5, 5.41) is 15.3. The van der Waals surface area contributed by atoms with Crippen LogP contribution in [0.2, 0.25) is 0 Å². The van der Waals surface area contributed by atoms with Crippen molar-refractivity contribution in [2.45, 2.75) is 6.42 Å². The minimum Gasteiger partial charge on any atom is -0.386 e. The van der Waals surface area contributed by atoms with Crippen molar-refractivity contribution in [3.05, 3.63) is 63.7 Å². The van der Waals surface area contributed by atoms with Crippen LogP contribution in [0.4, 0.5) is 17.1 Å². The highest BCUT2D eigenvalue weighted by atomic mass is 16.6. The van der Waals surface area contributed by atoms with E-state index in [0.29, 0.717) is 44.1 Å². The van der Waals surface area contributed by atoms with Crippen LogP contribution in [0.5, 0.6) is 0 Å². The minimum absolute atomic E-state index is 0.00519. The van der Waals surface area contributed by atoms with Gasteiger partial charge >= 0.3 is 0 Å². The fraction of sp³-hybridized carbons (Fsp3) is 0.333. The van der Waals surface area contributed by atoms with Crippen LogP contribution in [0.25, 0.3) is 0 Å². The number of ether oxygens (including phenoxy) is 1. The lowest BCUT2D eigenvalue weighted by Crippen LogP contribution is -2.36. The van der Waals surface area contributed by atoms with Gasteiger partial charge in [-0.15, -0.1) is 0 Å². The fourth-order valence-corrected chi connectivity index (χ4v) is 3.70. The Balaban J connectivity index is 1.38. The number of carbonyl (C=O) groups is 1. The molecule has 1 amide bonds. The van der Waals surface area contributed by atoms with E-state index in [1.54, 1.807) is 17.0 Å². The van der Waals surface area contributed by atoms with Gasteiger partial charge in [-0.25, -0.2) is 0 Å². The van der Waals surface area contributed by atoms with Crippen LogP contribution in [-0.4, -0.2) is 56.5 Å². The highest BCUT2D eigenvalue weighted by molar-refractivity contribution is 5.96. The van der Waals surface area contributed by atoms with Crippen molar-refractivity contribution in [1.82, 2.24) is 0 Å². The normalized spacial score (nSPS) is 16.0. The van der Waals surface area contributed by atoms with Gasteiger partial charge in [-0.2, -0.15) is 0 Å². The van der Waals surface area contributed by atoms with Crippen LogP contribution in [0.3, 0.4) is 0 Å². The van der Waals surface area contributed by atoms with Crippen LogP contribution in [0, 0.1) is 10.1 Å². The first-order valence-corrected chi connectivity index (χ1v) is 9.78. The molecule has 1 saturated heterocycles. The fourth-order valence-electron chi connectivity index (χ4n) is 3.70. The molecule has 0 N–H and O–H groups in total. The Labute approximate surface area is 173 Å². The molecule has 156 valence electrons. The van der Waals surface area contributed by atoms with Crippen LogP contribution < -0.4 is 9.80 Å². The summed E-state index contributed by atoms with van der Waals surface area (Å²) in [6, 6.07) is 12.7. The number of carbonyl (C=O) groups excluding carboxylic acids is 1. The lowest BCUT2D eigenvalue weighted by Gasteiger charge is -2.28. The van der Waals surface area contributed by atoms with Crippen LogP contribution in [0.1, 0.15) is 11.1 Å². The quantitative estimate of drug-likeness (QED) is 0.412. The van der Waals surface area contributed by atoms with E-state index in [1.807, 2.05) is 29.2 Å². The molecule has 9 heteroatoms. The SMILES string of the molecule is O=C(CO/N=C\c1ccc(N2CCOCC2)c([N+](=O)[O-])c1)N1CCc2ccccc21. The van der Waals surface area contributed by atoms with Gasteiger partial charge in [0.15, 0.2) is 6.61 Å². The van der Waals surface area contributed by atoms with E-state index in [4.69, 9.17) is 9.57 Å². The maximum atomic E-state index is 12.4. The number of fused-ring (bicyclic) bond motifs is 1. The number of nitro groups is 1. The van der Waals surface area contributed by atoms with Crippen LogP contribution in [0.15, 0.2) is 47.6 Å². The molecule has 4 rings (SSSR count). The number of para-hydroxylation sites is 1. The van der Waals surface area contributed by atoms with E-state index >= 15 is 0 Å². The second-order valence-corrected chi connectivity index (χ2v) is 7.04. The molecule has 2 aromatic rings.